The van der Waals surface area contributed by atoms with Gasteiger partial charge in [-0.05, 0) is 25.1 Å². The Morgan fingerprint density at radius 3 is 2.54 bits per heavy atom. The van der Waals surface area contributed by atoms with Gasteiger partial charge in [0.25, 0.3) is 0 Å². The van der Waals surface area contributed by atoms with Gasteiger partial charge in [-0.3, -0.25) is 9.69 Å². The highest BCUT2D eigenvalue weighted by atomic mass is 35.5. The van der Waals surface area contributed by atoms with Crippen LogP contribution in [0.4, 0.5) is 5.95 Å². The Morgan fingerprint density at radius 1 is 1.08 bits per heavy atom. The van der Waals surface area contributed by atoms with Crippen molar-refractivity contribution in [1.82, 2.24) is 14.5 Å². The van der Waals surface area contributed by atoms with Gasteiger partial charge in [-0.15, -0.1) is 24.8 Å². The van der Waals surface area contributed by atoms with E-state index in [0.29, 0.717) is 6.42 Å². The molecule has 2 aliphatic rings. The second kappa shape index (κ2) is 7.72. The highest BCUT2D eigenvalue weighted by Gasteiger charge is 2.27. The smallest absolute Gasteiger partial charge is 0.206 e. The van der Waals surface area contributed by atoms with Crippen LogP contribution >= 0.6 is 24.8 Å². The molecule has 2 aliphatic heterocycles. The van der Waals surface area contributed by atoms with Crippen LogP contribution in [0.2, 0.25) is 0 Å². The van der Waals surface area contributed by atoms with Crippen molar-refractivity contribution in [2.75, 3.05) is 37.6 Å². The third kappa shape index (κ3) is 3.13. The molecule has 1 aromatic carbocycles. The highest BCUT2D eigenvalue weighted by Crippen LogP contribution is 2.30. The summed E-state index contributed by atoms with van der Waals surface area (Å²) in [5, 5.41) is 0. The Balaban J connectivity index is 0.00000104. The van der Waals surface area contributed by atoms with E-state index in [4.69, 9.17) is 4.98 Å². The van der Waals surface area contributed by atoms with Crippen LogP contribution < -0.4 is 4.90 Å². The molecule has 5 nitrogen and oxygen atoms in total. The molecule has 0 amide bonds. The van der Waals surface area contributed by atoms with Gasteiger partial charge in [0.15, 0.2) is 5.78 Å². The van der Waals surface area contributed by atoms with E-state index in [9.17, 15) is 4.79 Å². The maximum absolute atomic E-state index is 12.1. The summed E-state index contributed by atoms with van der Waals surface area (Å²) in [5.74, 6) is 1.29. The van der Waals surface area contributed by atoms with Crippen molar-refractivity contribution >= 4 is 47.6 Å². The number of piperazine rings is 1. The van der Waals surface area contributed by atoms with E-state index in [-0.39, 0.29) is 30.6 Å². The number of benzene rings is 1. The maximum Gasteiger partial charge on any atom is 0.206 e. The number of ketones is 1. The molecule has 7 heteroatoms. The maximum atomic E-state index is 12.1. The topological polar surface area (TPSA) is 41.4 Å². The van der Waals surface area contributed by atoms with E-state index in [1.165, 1.54) is 13.0 Å². The third-order valence-corrected chi connectivity index (χ3v) is 4.80. The second-order valence-electron chi connectivity index (χ2n) is 6.24. The van der Waals surface area contributed by atoms with Crippen molar-refractivity contribution in [2.24, 2.45) is 0 Å². The zero-order chi connectivity index (χ0) is 15.1. The van der Waals surface area contributed by atoms with Crippen LogP contribution in [0, 0.1) is 0 Å². The van der Waals surface area contributed by atoms with Gasteiger partial charge in [0.05, 0.1) is 11.0 Å². The van der Waals surface area contributed by atoms with Gasteiger partial charge in [0.2, 0.25) is 5.95 Å². The van der Waals surface area contributed by atoms with Gasteiger partial charge in [0.1, 0.15) is 0 Å². The van der Waals surface area contributed by atoms with E-state index in [2.05, 4.69) is 21.3 Å². The molecule has 0 atom stereocenters. The number of para-hydroxylation sites is 1. The zero-order valence-corrected chi connectivity index (χ0v) is 15.5. The lowest BCUT2D eigenvalue weighted by atomic mass is 10.0. The van der Waals surface area contributed by atoms with Gasteiger partial charge < -0.3 is 9.47 Å². The number of carbonyl (C=O) groups is 1. The molecule has 2 aromatic rings. The fourth-order valence-corrected chi connectivity index (χ4v) is 3.69. The van der Waals surface area contributed by atoms with Crippen molar-refractivity contribution in [1.29, 1.82) is 0 Å². The van der Waals surface area contributed by atoms with Crippen molar-refractivity contribution in [3.05, 3.63) is 23.8 Å². The van der Waals surface area contributed by atoms with Gasteiger partial charge in [-0.1, -0.05) is 13.0 Å². The summed E-state index contributed by atoms with van der Waals surface area (Å²) in [4.78, 5) is 21.8. The lowest BCUT2D eigenvalue weighted by Crippen LogP contribution is -2.47. The molecule has 0 spiro atoms. The van der Waals surface area contributed by atoms with Crippen LogP contribution in [0.15, 0.2) is 18.2 Å². The highest BCUT2D eigenvalue weighted by molar-refractivity contribution is 6.08. The van der Waals surface area contributed by atoms with Crippen molar-refractivity contribution in [2.45, 2.75) is 26.3 Å². The first-order valence-corrected chi connectivity index (χ1v) is 8.27. The molecule has 1 aromatic heterocycles. The first-order chi connectivity index (χ1) is 10.8. The monoisotopic (exact) mass is 370 g/mol. The number of aromatic nitrogens is 2. The van der Waals surface area contributed by atoms with Crippen LogP contribution in [-0.2, 0) is 6.54 Å². The van der Waals surface area contributed by atoms with E-state index in [0.717, 1.165) is 55.3 Å². The number of carbonyl (C=O) groups excluding carboxylic acids is 1. The Bertz CT molecular complexity index is 723. The Morgan fingerprint density at radius 2 is 1.83 bits per heavy atom. The summed E-state index contributed by atoms with van der Waals surface area (Å²) in [7, 11) is 0. The third-order valence-electron chi connectivity index (χ3n) is 4.80. The van der Waals surface area contributed by atoms with Crippen LogP contribution in [0.3, 0.4) is 0 Å². The summed E-state index contributed by atoms with van der Waals surface area (Å²) in [5.41, 5.74) is 2.83. The fourth-order valence-electron chi connectivity index (χ4n) is 3.69. The SMILES string of the molecule is CCCN1CCN(c2nc3cccc4c3n2CCC4=O)CC1.Cl.Cl. The average molecular weight is 371 g/mol. The van der Waals surface area contributed by atoms with E-state index in [1.807, 2.05) is 18.2 Å². The molecule has 132 valence electrons. The van der Waals surface area contributed by atoms with Crippen LogP contribution in [0.25, 0.3) is 11.0 Å². The number of rotatable bonds is 3. The summed E-state index contributed by atoms with van der Waals surface area (Å²) in [6, 6.07) is 5.90. The summed E-state index contributed by atoms with van der Waals surface area (Å²) >= 11 is 0. The van der Waals surface area contributed by atoms with Gasteiger partial charge >= 0.3 is 0 Å². The number of imidazole rings is 1. The molecule has 24 heavy (non-hydrogen) atoms. The quantitative estimate of drug-likeness (QED) is 0.832. The largest absolute Gasteiger partial charge is 0.340 e. The molecule has 0 aliphatic carbocycles. The molecule has 0 saturated carbocycles. The predicted octanol–water partition coefficient (Wildman–Crippen LogP) is 3.00. The summed E-state index contributed by atoms with van der Waals surface area (Å²) in [6.45, 7) is 8.42. The number of hydrogen-bond acceptors (Lipinski definition) is 4. The minimum absolute atomic E-state index is 0. The first-order valence-electron chi connectivity index (χ1n) is 8.27. The lowest BCUT2D eigenvalue weighted by molar-refractivity contribution is 0.0973. The molecule has 0 unspecified atom stereocenters. The molecule has 1 fully saturated rings. The standard InChI is InChI=1S/C17H22N4O.2ClH/c1-2-7-19-9-11-20(12-10-19)17-18-14-5-3-4-13-15(22)6-8-21(17)16(13)14;;/h3-5H,2,6-12H2,1H3;2*1H. The van der Waals surface area contributed by atoms with Gasteiger partial charge in [-0.2, -0.15) is 0 Å². The number of nitrogens with zero attached hydrogens (tertiary/aromatic N) is 4. The number of anilines is 1. The van der Waals surface area contributed by atoms with Crippen molar-refractivity contribution in [3.63, 3.8) is 0 Å². The summed E-state index contributed by atoms with van der Waals surface area (Å²) < 4.78 is 2.25. The number of hydrogen-bond donors (Lipinski definition) is 0. The minimum Gasteiger partial charge on any atom is -0.340 e. The molecule has 0 N–H and O–H groups in total. The van der Waals surface area contributed by atoms with Crippen LogP contribution in [0.5, 0.6) is 0 Å². The molecule has 4 rings (SSSR count). The van der Waals surface area contributed by atoms with Crippen LogP contribution in [-0.4, -0.2) is 53.0 Å². The number of halogens is 2. The molecular formula is C17H24Cl2N4O. The Labute approximate surface area is 154 Å². The second-order valence-corrected chi connectivity index (χ2v) is 6.24. The molecule has 1 saturated heterocycles. The van der Waals surface area contributed by atoms with Crippen molar-refractivity contribution in [3.8, 4) is 0 Å². The fraction of sp³-hybridized carbons (Fsp3) is 0.529. The van der Waals surface area contributed by atoms with Crippen LogP contribution in [0.1, 0.15) is 30.1 Å². The molecular weight excluding hydrogens is 347 g/mol. The predicted molar refractivity (Wildman–Crippen MR) is 102 cm³/mol. The molecule has 0 radical (unpaired) electrons. The van der Waals surface area contributed by atoms with Gasteiger partial charge in [-0.25, -0.2) is 4.98 Å². The number of Topliss-reactive ketones (excluding diaryl/α,β-unsaturated/α-hetero) is 1. The van der Waals surface area contributed by atoms with Gasteiger partial charge in [0, 0.05) is 44.7 Å². The normalized spacial score (nSPS) is 17.5. The first kappa shape index (κ1) is 19.0. The molecule has 0 bridgehead atoms. The lowest BCUT2D eigenvalue weighted by Gasteiger charge is -2.35. The summed E-state index contributed by atoms with van der Waals surface area (Å²) in [6.07, 6.45) is 1.80. The van der Waals surface area contributed by atoms with E-state index in [1.54, 1.807) is 0 Å². The van der Waals surface area contributed by atoms with E-state index >= 15 is 0 Å². The van der Waals surface area contributed by atoms with Crippen molar-refractivity contribution < 1.29 is 4.79 Å². The minimum atomic E-state index is 0. The Kier molecular flexibility index (Phi) is 6.12. The molecule has 3 heterocycles. The van der Waals surface area contributed by atoms with E-state index < -0.39 is 0 Å². The zero-order valence-electron chi connectivity index (χ0n) is 13.9. The number of aryl methyl sites for hydroxylation is 1. The average Bonchev–Trinajstić information content (AvgIpc) is 2.92. The Hall–Kier alpha value is -1.30.